The molecule has 516 valence electrons. The van der Waals surface area contributed by atoms with E-state index in [0.717, 1.165) is 18.4 Å². The number of rotatable bonds is 20. The summed E-state index contributed by atoms with van der Waals surface area (Å²) in [5.41, 5.74) is -2.34. The number of aliphatic hydroxyl groups is 19. The summed E-state index contributed by atoms with van der Waals surface area (Å²) in [5.74, 6) is -1.66. The minimum absolute atomic E-state index is 0.00204. The molecule has 9 rings (SSSR count). The lowest BCUT2D eigenvalue weighted by molar-refractivity contribution is -0.354. The molecule has 19 N–H and O–H groups in total. The van der Waals surface area contributed by atoms with Crippen LogP contribution in [0.25, 0.3) is 0 Å². The van der Waals surface area contributed by atoms with Crippen molar-refractivity contribution in [1.29, 1.82) is 0 Å². The average Bonchev–Trinajstić information content (AvgIpc) is 1.66. The van der Waals surface area contributed by atoms with Gasteiger partial charge < -0.3 is 135 Å². The Kier molecular flexibility index (Phi) is 22.3. The van der Waals surface area contributed by atoms with Gasteiger partial charge in [-0.1, -0.05) is 53.2 Å². The van der Waals surface area contributed by atoms with E-state index in [-0.39, 0.29) is 60.4 Å². The van der Waals surface area contributed by atoms with Crippen LogP contribution in [0.5, 0.6) is 0 Å². The zero-order valence-electron chi connectivity index (χ0n) is 52.4. The molecule has 3 unspecified atom stereocenters. The van der Waals surface area contributed by atoms with Gasteiger partial charge in [0.25, 0.3) is 0 Å². The molecule has 3 saturated heterocycles. The lowest BCUT2D eigenvalue weighted by Crippen LogP contribution is -2.65. The first-order valence-electron chi connectivity index (χ1n) is 32.2. The lowest BCUT2D eigenvalue weighted by atomic mass is 9.38. The fourth-order valence-corrected chi connectivity index (χ4v) is 17.9. The van der Waals surface area contributed by atoms with Gasteiger partial charge in [-0.15, -0.1) is 0 Å². The first kappa shape index (κ1) is 71.9. The van der Waals surface area contributed by atoms with E-state index in [2.05, 4.69) is 47.6 Å². The van der Waals surface area contributed by atoms with E-state index < -0.39 is 214 Å². The van der Waals surface area contributed by atoms with Crippen molar-refractivity contribution in [3.05, 3.63) is 11.6 Å². The van der Waals surface area contributed by atoms with Crippen LogP contribution in [-0.2, 0) is 37.9 Å². The second kappa shape index (κ2) is 27.6. The highest BCUT2D eigenvalue weighted by atomic mass is 16.7. The van der Waals surface area contributed by atoms with E-state index in [9.17, 15) is 97.0 Å². The maximum Gasteiger partial charge on any atom is 0.187 e. The minimum atomic E-state index is -1.87. The van der Waals surface area contributed by atoms with Crippen LogP contribution in [0.15, 0.2) is 11.6 Å². The van der Waals surface area contributed by atoms with Crippen molar-refractivity contribution >= 4 is 0 Å². The Labute approximate surface area is 519 Å². The van der Waals surface area contributed by atoms with Crippen LogP contribution >= 0.6 is 0 Å². The molecule has 0 amide bonds. The van der Waals surface area contributed by atoms with Crippen LogP contribution in [0.1, 0.15) is 120 Å². The highest BCUT2D eigenvalue weighted by molar-refractivity contribution is 5.32. The van der Waals surface area contributed by atoms with E-state index in [1.54, 1.807) is 0 Å². The molecule has 27 heteroatoms. The predicted octanol–water partition coefficient (Wildman–Crippen LogP) is -4.08. The van der Waals surface area contributed by atoms with E-state index in [1.165, 1.54) is 13.8 Å². The Hall–Kier alpha value is -1.34. The molecular weight excluding hydrogens is 1180 g/mol. The van der Waals surface area contributed by atoms with Crippen LogP contribution in [0.2, 0.25) is 0 Å². The molecule has 8 fully saturated rings. The third-order valence-corrected chi connectivity index (χ3v) is 23.9. The number of fused-ring (bicyclic) bond motifs is 5. The van der Waals surface area contributed by atoms with E-state index in [1.807, 2.05) is 0 Å². The van der Waals surface area contributed by atoms with Crippen molar-refractivity contribution in [2.24, 2.45) is 57.2 Å². The minimum Gasteiger partial charge on any atom is -0.396 e. The van der Waals surface area contributed by atoms with Gasteiger partial charge in [0.05, 0.1) is 68.1 Å². The smallest absolute Gasteiger partial charge is 0.187 e. The summed E-state index contributed by atoms with van der Waals surface area (Å²) in [5, 5.41) is 206. The van der Waals surface area contributed by atoms with Crippen LogP contribution in [-0.4, -0.2) is 295 Å². The second-order valence-corrected chi connectivity index (χ2v) is 29.7. The van der Waals surface area contributed by atoms with E-state index >= 15 is 0 Å². The molecule has 27 nitrogen and oxygen atoms in total. The van der Waals surface area contributed by atoms with Crippen molar-refractivity contribution in [3.63, 3.8) is 0 Å². The largest absolute Gasteiger partial charge is 0.396 e. The molecule has 0 aromatic carbocycles. The van der Waals surface area contributed by atoms with Crippen molar-refractivity contribution < 1.29 is 135 Å². The molecule has 0 aromatic rings. The molecule has 9 aliphatic rings. The first-order valence-corrected chi connectivity index (χ1v) is 32.2. The predicted molar refractivity (Wildman–Crippen MR) is 307 cm³/mol. The summed E-state index contributed by atoms with van der Waals surface area (Å²) in [4.78, 5) is 0. The molecule has 35 atom stereocenters. The zero-order chi connectivity index (χ0) is 65.5. The Balaban J connectivity index is 0.883. The van der Waals surface area contributed by atoms with E-state index in [4.69, 9.17) is 37.9 Å². The normalized spacial score (nSPS) is 51.8. The van der Waals surface area contributed by atoms with E-state index in [0.29, 0.717) is 32.1 Å². The molecule has 5 saturated carbocycles. The SMILES string of the molecule is C[C@H](CC[C@@H](O[C@@H]1O[C@H](CO[C@H]2O[C@H](CO)[C@@H](O)[C@H](O)[C@H]2O)[C@@H](O)[C@H](O)[C@H]1O[C@@H]1C[C@H](CO)[C@@H](O)[C@H](O)[C@H]1O)C(C)(C)O)C1CC[C@@]2(C)C3CC=C4C(CC[C@H](O[C@@H]5O[C@H](CO[C@H]6C[C@H](CO)[C@@H](O)[C@H](O)[C@H]6O)[C@@H](O)[C@H](O)[C@H]5O)C4(C)C)[C@]3(C)[C@H](O)C[C@]12C. The van der Waals surface area contributed by atoms with Gasteiger partial charge in [0.15, 0.2) is 18.9 Å². The molecule has 0 spiro atoms. The highest BCUT2D eigenvalue weighted by Crippen LogP contribution is 2.75. The second-order valence-electron chi connectivity index (χ2n) is 29.7. The van der Waals surface area contributed by atoms with Gasteiger partial charge >= 0.3 is 0 Å². The standard InChI is InChI=1S/C62H106O27/c1-25(9-13-39(59(4,5)81)89-57-54(84-32-18-27(21-64)41(68)48(75)43(32)70)51(78)46(73)35(87-57)24-83-55-52(79)49(76)44(71)33(22-65)85-55)28-15-16-60(6)36-12-10-29-30(62(36,8)37(66)19-61(28,60)7)11-14-38(58(29,2)3)88-56-53(80)50(77)45(72)34(86-56)23-82-31-17-26(20-63)40(67)47(74)42(31)69/h10,25-28,30-57,63-81H,9,11-24H2,1-8H3/t25-,26-,27-,28?,30?,31+,32-,33-,34-,35-,36?,37-,38+,39-,40-,41-,42+,43+,44-,45-,46-,47+,48+,49+,50+,51+,52-,53-,54-,55+,56+,57+,60+,61-,62+/m1/s1. The molecule has 0 bridgehead atoms. The van der Waals surface area contributed by atoms with Crippen molar-refractivity contribution in [2.75, 3.05) is 33.0 Å². The molecule has 3 heterocycles. The molecular formula is C62H106O27. The Morgan fingerprint density at radius 1 is 0.551 bits per heavy atom. The first-order chi connectivity index (χ1) is 41.6. The van der Waals surface area contributed by atoms with Gasteiger partial charge in [0.1, 0.15) is 97.7 Å². The van der Waals surface area contributed by atoms with Crippen molar-refractivity contribution in [2.45, 2.75) is 284 Å². The third-order valence-electron chi connectivity index (χ3n) is 23.9. The van der Waals surface area contributed by atoms with Crippen LogP contribution in [0.3, 0.4) is 0 Å². The number of allylic oxidation sites excluding steroid dienone is 1. The number of ether oxygens (including phenoxy) is 8. The zero-order valence-corrected chi connectivity index (χ0v) is 52.4. The Bertz CT molecular complexity index is 2340. The monoisotopic (exact) mass is 1280 g/mol. The third kappa shape index (κ3) is 13.1. The summed E-state index contributed by atoms with van der Waals surface area (Å²) in [6.45, 7) is 13.4. The van der Waals surface area contributed by atoms with Crippen LogP contribution in [0, 0.1) is 57.2 Å². The topological polar surface area (TPSA) is 458 Å². The Morgan fingerprint density at radius 3 is 1.67 bits per heavy atom. The fourth-order valence-electron chi connectivity index (χ4n) is 17.9. The summed E-state index contributed by atoms with van der Waals surface area (Å²) >= 11 is 0. The van der Waals surface area contributed by atoms with Gasteiger partial charge in [-0.05, 0) is 113 Å². The number of hydrogen-bond donors (Lipinski definition) is 19. The molecule has 89 heavy (non-hydrogen) atoms. The molecule has 3 aliphatic heterocycles. The summed E-state index contributed by atoms with van der Waals surface area (Å²) in [6.07, 6.45) is -31.6. The summed E-state index contributed by atoms with van der Waals surface area (Å²) < 4.78 is 49.0. The average molecular weight is 1280 g/mol. The van der Waals surface area contributed by atoms with Gasteiger partial charge in [-0.2, -0.15) is 0 Å². The van der Waals surface area contributed by atoms with Crippen molar-refractivity contribution in [1.82, 2.24) is 0 Å². The van der Waals surface area contributed by atoms with Crippen LogP contribution < -0.4 is 0 Å². The fraction of sp³-hybridized carbons (Fsp3) is 0.968. The van der Waals surface area contributed by atoms with Gasteiger partial charge in [-0.25, -0.2) is 0 Å². The van der Waals surface area contributed by atoms with Gasteiger partial charge in [0.2, 0.25) is 0 Å². The number of aliphatic hydroxyl groups excluding tert-OH is 18. The maximum absolute atomic E-state index is 12.9. The molecule has 0 radical (unpaired) electrons. The van der Waals surface area contributed by atoms with Gasteiger partial charge in [-0.3, -0.25) is 0 Å². The molecule has 6 aliphatic carbocycles. The quantitative estimate of drug-likeness (QED) is 0.0516. The maximum atomic E-state index is 12.9. The van der Waals surface area contributed by atoms with Crippen LogP contribution in [0.4, 0.5) is 0 Å². The van der Waals surface area contributed by atoms with Gasteiger partial charge in [0, 0.05) is 35.9 Å². The molecule has 0 aromatic heterocycles. The summed E-state index contributed by atoms with van der Waals surface area (Å²) in [7, 11) is 0. The Morgan fingerprint density at radius 2 is 1.08 bits per heavy atom. The van der Waals surface area contributed by atoms with Crippen molar-refractivity contribution in [3.8, 4) is 0 Å². The highest BCUT2D eigenvalue weighted by Gasteiger charge is 2.70. The number of hydrogen-bond acceptors (Lipinski definition) is 27. The lowest BCUT2D eigenvalue weighted by Gasteiger charge is -2.67. The summed E-state index contributed by atoms with van der Waals surface area (Å²) in [6, 6.07) is 0.